The molecule has 0 aromatic carbocycles. The Labute approximate surface area is 65.2 Å². The minimum atomic E-state index is -0.933. The molecule has 0 spiro atoms. The van der Waals surface area contributed by atoms with Crippen LogP contribution in [0.5, 0.6) is 0 Å². The maximum absolute atomic E-state index is 10.3. The summed E-state index contributed by atoms with van der Waals surface area (Å²) < 4.78 is 0. The van der Waals surface area contributed by atoms with E-state index in [1.165, 1.54) is 0 Å². The fourth-order valence-electron chi connectivity index (χ4n) is 1.01. The first-order chi connectivity index (χ1) is 5.20. The van der Waals surface area contributed by atoms with Crippen molar-refractivity contribution in [3.63, 3.8) is 0 Å². The highest BCUT2D eigenvalue weighted by molar-refractivity contribution is 5.73. The van der Waals surface area contributed by atoms with E-state index < -0.39 is 12.0 Å². The molecule has 0 saturated heterocycles. The fraction of sp³-hybridized carbons (Fsp3) is 0.375. The van der Waals surface area contributed by atoms with Crippen LogP contribution in [0, 0.1) is 0 Å². The standard InChI is InChI=1S/C8H11NO2/c9-7(8(10)11)5-6-3-1-2-4-6/h1-3,7H,4-5,9H2,(H,10,11)/t7-/m0/s1. The van der Waals surface area contributed by atoms with E-state index in [0.717, 1.165) is 12.0 Å². The molecule has 3 N–H and O–H groups in total. The zero-order valence-electron chi connectivity index (χ0n) is 6.16. The number of nitrogens with two attached hydrogens (primary N) is 1. The molecule has 1 aliphatic rings. The van der Waals surface area contributed by atoms with Crippen LogP contribution in [0.2, 0.25) is 0 Å². The van der Waals surface area contributed by atoms with Gasteiger partial charge in [0.1, 0.15) is 6.04 Å². The molecule has 0 saturated carbocycles. The second kappa shape index (κ2) is 3.34. The predicted octanol–water partition coefficient (Wildman–Crippen LogP) is 0.675. The van der Waals surface area contributed by atoms with E-state index in [2.05, 4.69) is 0 Å². The number of hydrogen-bond donors (Lipinski definition) is 2. The molecule has 0 aromatic heterocycles. The molecule has 1 atom stereocenters. The number of hydrogen-bond acceptors (Lipinski definition) is 2. The van der Waals surface area contributed by atoms with Crippen LogP contribution in [0.3, 0.4) is 0 Å². The largest absolute Gasteiger partial charge is 0.480 e. The van der Waals surface area contributed by atoms with Crippen molar-refractivity contribution in [3.8, 4) is 0 Å². The highest BCUT2D eigenvalue weighted by atomic mass is 16.4. The van der Waals surface area contributed by atoms with E-state index in [0.29, 0.717) is 6.42 Å². The Morgan fingerprint density at radius 1 is 1.82 bits per heavy atom. The van der Waals surface area contributed by atoms with Gasteiger partial charge in [-0.2, -0.15) is 0 Å². The molecule has 60 valence electrons. The van der Waals surface area contributed by atoms with Crippen LogP contribution >= 0.6 is 0 Å². The summed E-state index contributed by atoms with van der Waals surface area (Å²) in [5.74, 6) is -0.933. The van der Waals surface area contributed by atoms with Crippen molar-refractivity contribution < 1.29 is 9.90 Å². The summed E-state index contributed by atoms with van der Waals surface area (Å²) in [6.45, 7) is 0. The van der Waals surface area contributed by atoms with E-state index in [9.17, 15) is 4.79 Å². The van der Waals surface area contributed by atoms with Crippen LogP contribution in [-0.4, -0.2) is 17.1 Å². The van der Waals surface area contributed by atoms with Gasteiger partial charge < -0.3 is 10.8 Å². The Hall–Kier alpha value is -1.09. The van der Waals surface area contributed by atoms with Gasteiger partial charge in [-0.3, -0.25) is 4.79 Å². The topological polar surface area (TPSA) is 63.3 Å². The third kappa shape index (κ3) is 2.20. The molecule has 0 radical (unpaired) electrons. The maximum atomic E-state index is 10.3. The van der Waals surface area contributed by atoms with E-state index in [-0.39, 0.29) is 0 Å². The lowest BCUT2D eigenvalue weighted by atomic mass is 10.1. The third-order valence-corrected chi connectivity index (χ3v) is 1.65. The van der Waals surface area contributed by atoms with Crippen LogP contribution in [0.4, 0.5) is 0 Å². The lowest BCUT2D eigenvalue weighted by molar-refractivity contribution is -0.138. The average molecular weight is 153 g/mol. The van der Waals surface area contributed by atoms with Crippen molar-refractivity contribution in [3.05, 3.63) is 23.8 Å². The number of carboxylic acids is 1. The van der Waals surface area contributed by atoms with Gasteiger partial charge in [-0.15, -0.1) is 0 Å². The van der Waals surface area contributed by atoms with Crippen molar-refractivity contribution in [1.82, 2.24) is 0 Å². The summed E-state index contributed by atoms with van der Waals surface area (Å²) in [5, 5.41) is 8.47. The van der Waals surface area contributed by atoms with Crippen molar-refractivity contribution in [2.24, 2.45) is 5.73 Å². The molecule has 1 aliphatic carbocycles. The minimum Gasteiger partial charge on any atom is -0.480 e. The molecule has 3 heteroatoms. The molecule has 1 rings (SSSR count). The first-order valence-electron chi connectivity index (χ1n) is 3.53. The molecular formula is C8H11NO2. The van der Waals surface area contributed by atoms with Crippen molar-refractivity contribution >= 4 is 5.97 Å². The Bertz CT molecular complexity index is 218. The minimum absolute atomic E-state index is 0.461. The van der Waals surface area contributed by atoms with Crippen LogP contribution in [0.1, 0.15) is 12.8 Å². The number of carbonyl (C=O) groups is 1. The highest BCUT2D eigenvalue weighted by Gasteiger charge is 2.13. The van der Waals surface area contributed by atoms with Crippen LogP contribution < -0.4 is 5.73 Å². The second-order valence-corrected chi connectivity index (χ2v) is 2.61. The molecule has 0 fully saturated rings. The summed E-state index contributed by atoms with van der Waals surface area (Å²) in [5.41, 5.74) is 6.43. The summed E-state index contributed by atoms with van der Waals surface area (Å²) in [6.07, 6.45) is 7.14. The summed E-state index contributed by atoms with van der Waals surface area (Å²) in [4.78, 5) is 10.3. The zero-order valence-corrected chi connectivity index (χ0v) is 6.16. The Morgan fingerprint density at radius 3 is 3.00 bits per heavy atom. The number of aliphatic carboxylic acids is 1. The molecule has 3 nitrogen and oxygen atoms in total. The van der Waals surface area contributed by atoms with Gasteiger partial charge in [-0.05, 0) is 12.8 Å². The number of carboxylic acid groups (broad SMARTS) is 1. The van der Waals surface area contributed by atoms with Gasteiger partial charge in [0.05, 0.1) is 0 Å². The average Bonchev–Trinajstić information content (AvgIpc) is 2.39. The monoisotopic (exact) mass is 153 g/mol. The van der Waals surface area contributed by atoms with Crippen molar-refractivity contribution in [2.75, 3.05) is 0 Å². The van der Waals surface area contributed by atoms with Gasteiger partial charge in [0.2, 0.25) is 0 Å². The summed E-state index contributed by atoms with van der Waals surface area (Å²) >= 11 is 0. The summed E-state index contributed by atoms with van der Waals surface area (Å²) in [7, 11) is 0. The van der Waals surface area contributed by atoms with Gasteiger partial charge in [0.25, 0.3) is 0 Å². The first-order valence-corrected chi connectivity index (χ1v) is 3.53. The van der Waals surface area contributed by atoms with Gasteiger partial charge in [0.15, 0.2) is 0 Å². The van der Waals surface area contributed by atoms with Crippen molar-refractivity contribution in [1.29, 1.82) is 0 Å². The third-order valence-electron chi connectivity index (χ3n) is 1.65. The van der Waals surface area contributed by atoms with E-state index >= 15 is 0 Å². The molecule has 0 unspecified atom stereocenters. The van der Waals surface area contributed by atoms with Gasteiger partial charge in [-0.25, -0.2) is 0 Å². The van der Waals surface area contributed by atoms with E-state index in [1.807, 2.05) is 18.2 Å². The quantitative estimate of drug-likeness (QED) is 0.626. The molecule has 0 aliphatic heterocycles. The Morgan fingerprint density at radius 2 is 2.55 bits per heavy atom. The molecule has 11 heavy (non-hydrogen) atoms. The number of rotatable bonds is 3. The van der Waals surface area contributed by atoms with Crippen LogP contribution in [0.25, 0.3) is 0 Å². The van der Waals surface area contributed by atoms with Gasteiger partial charge >= 0.3 is 5.97 Å². The zero-order chi connectivity index (χ0) is 8.27. The van der Waals surface area contributed by atoms with Gasteiger partial charge in [-0.1, -0.05) is 23.8 Å². The fourth-order valence-corrected chi connectivity index (χ4v) is 1.01. The lowest BCUT2D eigenvalue weighted by Gasteiger charge is -2.05. The molecule has 0 heterocycles. The molecule has 0 aromatic rings. The van der Waals surface area contributed by atoms with Crippen molar-refractivity contribution in [2.45, 2.75) is 18.9 Å². The molecule has 0 bridgehead atoms. The van der Waals surface area contributed by atoms with E-state index in [1.54, 1.807) is 0 Å². The first kappa shape index (κ1) is 8.01. The van der Waals surface area contributed by atoms with Crippen LogP contribution in [-0.2, 0) is 4.79 Å². The Kier molecular flexibility index (Phi) is 2.44. The Balaban J connectivity index is 2.37. The van der Waals surface area contributed by atoms with Crippen LogP contribution in [0.15, 0.2) is 23.8 Å². The second-order valence-electron chi connectivity index (χ2n) is 2.61. The lowest BCUT2D eigenvalue weighted by Crippen LogP contribution is -2.30. The highest BCUT2D eigenvalue weighted by Crippen LogP contribution is 2.15. The van der Waals surface area contributed by atoms with E-state index in [4.69, 9.17) is 10.8 Å². The maximum Gasteiger partial charge on any atom is 0.320 e. The SMILES string of the molecule is N[C@@H](CC1=CC=CC1)C(=O)O. The molecule has 0 amide bonds. The predicted molar refractivity (Wildman–Crippen MR) is 42.1 cm³/mol. The summed E-state index contributed by atoms with van der Waals surface area (Å²) in [6, 6.07) is -0.749. The number of allylic oxidation sites excluding steroid dienone is 3. The van der Waals surface area contributed by atoms with Gasteiger partial charge in [0, 0.05) is 0 Å². The normalized spacial score (nSPS) is 18.1. The smallest absolute Gasteiger partial charge is 0.320 e. The molecular weight excluding hydrogens is 142 g/mol.